The van der Waals surface area contributed by atoms with Gasteiger partial charge in [0.05, 0.1) is 29.8 Å². The maximum absolute atomic E-state index is 11.2. The zero-order chi connectivity index (χ0) is 10.3. The van der Waals surface area contributed by atoms with E-state index in [9.17, 15) is 13.5 Å². The van der Waals surface area contributed by atoms with Gasteiger partial charge in [-0.3, -0.25) is 4.90 Å². The molecule has 2 rings (SSSR count). The summed E-state index contributed by atoms with van der Waals surface area (Å²) < 4.78 is 27.5. The molecule has 82 valence electrons. The van der Waals surface area contributed by atoms with Crippen LogP contribution in [-0.4, -0.2) is 68.4 Å². The molecule has 2 heterocycles. The average molecular weight is 221 g/mol. The van der Waals surface area contributed by atoms with Crippen molar-refractivity contribution in [1.82, 2.24) is 4.90 Å². The number of likely N-dealkylation sites (tertiary alicyclic amines) is 1. The van der Waals surface area contributed by atoms with Crippen LogP contribution >= 0.6 is 0 Å². The van der Waals surface area contributed by atoms with Crippen LogP contribution in [0.3, 0.4) is 0 Å². The summed E-state index contributed by atoms with van der Waals surface area (Å²) in [5.41, 5.74) is 0. The van der Waals surface area contributed by atoms with Gasteiger partial charge in [-0.25, -0.2) is 8.42 Å². The highest BCUT2D eigenvalue weighted by atomic mass is 32.2. The maximum atomic E-state index is 11.2. The molecule has 0 spiro atoms. The monoisotopic (exact) mass is 221 g/mol. The first kappa shape index (κ1) is 10.4. The summed E-state index contributed by atoms with van der Waals surface area (Å²) in [5, 5.41) is 9.56. The van der Waals surface area contributed by atoms with Crippen LogP contribution < -0.4 is 0 Å². The van der Waals surface area contributed by atoms with Crippen LogP contribution in [0.15, 0.2) is 0 Å². The standard InChI is InChI=1S/C8H15NO4S/c1-13-6-2-9(3-6)7-4-14(11,12)5-8(7)10/h6-8,10H,2-5H2,1H3/t7-,8-/m1/s1. The largest absolute Gasteiger partial charge is 0.390 e. The zero-order valence-electron chi connectivity index (χ0n) is 8.09. The summed E-state index contributed by atoms with van der Waals surface area (Å²) in [6.07, 6.45) is -0.525. The van der Waals surface area contributed by atoms with Gasteiger partial charge in [0.15, 0.2) is 9.84 Å². The highest BCUT2D eigenvalue weighted by Gasteiger charge is 2.44. The fraction of sp³-hybridized carbons (Fsp3) is 1.00. The SMILES string of the molecule is COC1CN([C@@H]2CS(=O)(=O)C[C@H]2O)C1. The summed E-state index contributed by atoms with van der Waals surface area (Å²) in [6.45, 7) is 1.46. The van der Waals surface area contributed by atoms with Crippen LogP contribution in [0.2, 0.25) is 0 Å². The fourth-order valence-corrected chi connectivity index (χ4v) is 3.88. The van der Waals surface area contributed by atoms with E-state index in [1.165, 1.54) is 0 Å². The molecule has 0 radical (unpaired) electrons. The first-order valence-electron chi connectivity index (χ1n) is 4.67. The second kappa shape index (κ2) is 3.44. The number of hydrogen-bond donors (Lipinski definition) is 1. The van der Waals surface area contributed by atoms with Gasteiger partial charge in [0.25, 0.3) is 0 Å². The Kier molecular flexibility index (Phi) is 2.55. The minimum Gasteiger partial charge on any atom is -0.390 e. The molecule has 2 aliphatic rings. The first-order valence-corrected chi connectivity index (χ1v) is 6.49. The Morgan fingerprint density at radius 2 is 2.00 bits per heavy atom. The lowest BCUT2D eigenvalue weighted by molar-refractivity contribution is -0.0656. The van der Waals surface area contributed by atoms with Gasteiger partial charge in [0.1, 0.15) is 0 Å². The molecule has 0 saturated carbocycles. The Bertz CT molecular complexity index is 309. The number of aliphatic hydroxyl groups is 1. The fourth-order valence-electron chi connectivity index (χ4n) is 2.05. The van der Waals surface area contributed by atoms with E-state index in [1.54, 1.807) is 7.11 Å². The van der Waals surface area contributed by atoms with E-state index >= 15 is 0 Å². The molecule has 0 unspecified atom stereocenters. The molecule has 0 amide bonds. The molecule has 0 aromatic rings. The normalized spacial score (nSPS) is 38.4. The molecule has 0 aromatic heterocycles. The van der Waals surface area contributed by atoms with Gasteiger partial charge >= 0.3 is 0 Å². The van der Waals surface area contributed by atoms with Crippen molar-refractivity contribution in [2.24, 2.45) is 0 Å². The minimum atomic E-state index is -3.02. The summed E-state index contributed by atoms with van der Waals surface area (Å²) in [5.74, 6) is -0.00356. The summed E-state index contributed by atoms with van der Waals surface area (Å²) >= 11 is 0. The Balaban J connectivity index is 1.95. The molecule has 6 heteroatoms. The van der Waals surface area contributed by atoms with E-state index in [2.05, 4.69) is 0 Å². The first-order chi connectivity index (χ1) is 6.52. The van der Waals surface area contributed by atoms with Crippen molar-refractivity contribution in [3.05, 3.63) is 0 Å². The van der Waals surface area contributed by atoms with Crippen molar-refractivity contribution in [2.45, 2.75) is 18.2 Å². The minimum absolute atomic E-state index is 0.0879. The Morgan fingerprint density at radius 1 is 1.36 bits per heavy atom. The average Bonchev–Trinajstić information content (AvgIpc) is 2.23. The third kappa shape index (κ3) is 1.79. The maximum Gasteiger partial charge on any atom is 0.154 e. The second-order valence-corrected chi connectivity index (χ2v) is 6.18. The third-order valence-corrected chi connectivity index (χ3v) is 4.67. The number of methoxy groups -OCH3 is 1. The highest BCUT2D eigenvalue weighted by Crippen LogP contribution is 2.23. The predicted octanol–water partition coefficient (Wildman–Crippen LogP) is -1.53. The van der Waals surface area contributed by atoms with Gasteiger partial charge in [0.2, 0.25) is 0 Å². The van der Waals surface area contributed by atoms with Crippen molar-refractivity contribution >= 4 is 9.84 Å². The smallest absolute Gasteiger partial charge is 0.154 e. The van der Waals surface area contributed by atoms with Gasteiger partial charge in [-0.05, 0) is 0 Å². The molecule has 14 heavy (non-hydrogen) atoms. The molecule has 0 aliphatic carbocycles. The van der Waals surface area contributed by atoms with Gasteiger partial charge in [-0.1, -0.05) is 0 Å². The zero-order valence-corrected chi connectivity index (χ0v) is 8.90. The van der Waals surface area contributed by atoms with Crippen molar-refractivity contribution in [3.8, 4) is 0 Å². The Hall–Kier alpha value is -0.170. The van der Waals surface area contributed by atoms with Crippen LogP contribution in [-0.2, 0) is 14.6 Å². The van der Waals surface area contributed by atoms with Crippen molar-refractivity contribution in [2.75, 3.05) is 31.7 Å². The van der Waals surface area contributed by atoms with Crippen LogP contribution in [0, 0.1) is 0 Å². The lowest BCUT2D eigenvalue weighted by Gasteiger charge is -2.42. The second-order valence-electron chi connectivity index (χ2n) is 4.02. The molecule has 2 fully saturated rings. The molecule has 1 N–H and O–H groups in total. The number of ether oxygens (including phenoxy) is 1. The lowest BCUT2D eigenvalue weighted by atomic mass is 10.1. The Labute approximate surface area is 83.6 Å². The molecule has 0 bridgehead atoms. The topological polar surface area (TPSA) is 66.8 Å². The quantitative estimate of drug-likeness (QED) is 0.613. The van der Waals surface area contributed by atoms with Crippen LogP contribution in [0.25, 0.3) is 0 Å². The molecule has 2 saturated heterocycles. The highest BCUT2D eigenvalue weighted by molar-refractivity contribution is 7.91. The van der Waals surface area contributed by atoms with Crippen molar-refractivity contribution in [3.63, 3.8) is 0 Å². The number of aliphatic hydroxyl groups excluding tert-OH is 1. The van der Waals surface area contributed by atoms with Crippen LogP contribution in [0.1, 0.15) is 0 Å². The van der Waals surface area contributed by atoms with Gasteiger partial charge in [-0.2, -0.15) is 0 Å². The molecule has 5 nitrogen and oxygen atoms in total. The van der Waals surface area contributed by atoms with Crippen molar-refractivity contribution in [1.29, 1.82) is 0 Å². The molecule has 2 aliphatic heterocycles. The third-order valence-electron chi connectivity index (χ3n) is 2.97. The van der Waals surface area contributed by atoms with E-state index < -0.39 is 15.9 Å². The van der Waals surface area contributed by atoms with Gasteiger partial charge in [0, 0.05) is 20.2 Å². The number of rotatable bonds is 2. The van der Waals surface area contributed by atoms with E-state index in [-0.39, 0.29) is 23.7 Å². The van der Waals surface area contributed by atoms with Crippen LogP contribution in [0.4, 0.5) is 0 Å². The molecule has 0 aromatic carbocycles. The predicted molar refractivity (Wildman–Crippen MR) is 50.8 cm³/mol. The van der Waals surface area contributed by atoms with E-state index in [1.807, 2.05) is 4.90 Å². The van der Waals surface area contributed by atoms with Gasteiger partial charge in [-0.15, -0.1) is 0 Å². The number of sulfone groups is 1. The van der Waals surface area contributed by atoms with E-state index in [0.717, 1.165) is 13.1 Å². The molecular formula is C8H15NO4S. The van der Waals surface area contributed by atoms with E-state index in [0.29, 0.717) is 0 Å². The number of hydrogen-bond acceptors (Lipinski definition) is 5. The summed E-state index contributed by atoms with van der Waals surface area (Å²) in [4.78, 5) is 1.98. The summed E-state index contributed by atoms with van der Waals surface area (Å²) in [7, 11) is -1.38. The van der Waals surface area contributed by atoms with Crippen LogP contribution in [0.5, 0.6) is 0 Å². The summed E-state index contributed by atoms with van der Waals surface area (Å²) in [6, 6.07) is -0.216. The molecule has 2 atom stereocenters. The van der Waals surface area contributed by atoms with Gasteiger partial charge < -0.3 is 9.84 Å². The number of nitrogens with zero attached hydrogens (tertiary/aromatic N) is 1. The van der Waals surface area contributed by atoms with E-state index in [4.69, 9.17) is 4.74 Å². The lowest BCUT2D eigenvalue weighted by Crippen LogP contribution is -2.59. The molecular weight excluding hydrogens is 206 g/mol. The van der Waals surface area contributed by atoms with Crippen molar-refractivity contribution < 1.29 is 18.3 Å². The Morgan fingerprint density at radius 3 is 2.43 bits per heavy atom.